The Labute approximate surface area is 174 Å². The Hall–Kier alpha value is -2.72. The van der Waals surface area contributed by atoms with Crippen molar-refractivity contribution in [3.05, 3.63) is 50.7 Å². The molecule has 1 aromatic rings. The average Bonchev–Trinajstić information content (AvgIpc) is 3.33. The molecule has 4 heterocycles. The zero-order valence-corrected chi connectivity index (χ0v) is 16.6. The second kappa shape index (κ2) is 6.14. The molecule has 5 aliphatic rings. The Morgan fingerprint density at radius 1 is 1.27 bits per heavy atom. The fraction of sp³-hybridized carbons (Fsp3) is 0.450. The third kappa shape index (κ3) is 2.31. The highest BCUT2D eigenvalue weighted by molar-refractivity contribution is 7.10. The van der Waals surface area contributed by atoms with E-state index in [4.69, 9.17) is 4.74 Å². The lowest BCUT2D eigenvalue weighted by Crippen LogP contribution is -2.53. The summed E-state index contributed by atoms with van der Waals surface area (Å²) < 4.78 is 24.3. The van der Waals surface area contributed by atoms with Gasteiger partial charge in [0.15, 0.2) is 17.3 Å². The highest BCUT2D eigenvalue weighted by atomic mass is 32.1. The first-order chi connectivity index (χ1) is 14.4. The summed E-state index contributed by atoms with van der Waals surface area (Å²) in [7, 11) is 0. The Balaban J connectivity index is 1.56. The number of carbonyl (C=O) groups excluding carboxylic acids is 2. The Morgan fingerprint density at radius 2 is 2.10 bits per heavy atom. The number of Topliss-reactive ketones (excluding diaryl/α,β-unsaturated/α-hetero) is 2. The van der Waals surface area contributed by atoms with Gasteiger partial charge in [0.2, 0.25) is 5.78 Å². The number of carbonyl (C=O) groups is 2. The van der Waals surface area contributed by atoms with Crippen LogP contribution in [0, 0.1) is 5.92 Å². The van der Waals surface area contributed by atoms with Crippen LogP contribution in [0.2, 0.25) is 0 Å². The number of ketones is 2. The summed E-state index contributed by atoms with van der Waals surface area (Å²) >= 11 is 1.15. The molecule has 10 heteroatoms. The number of aliphatic hydroxyl groups excluding tert-OH is 1. The maximum absolute atomic E-state index is 15.7. The minimum absolute atomic E-state index is 0.00666. The van der Waals surface area contributed by atoms with E-state index >= 15 is 4.39 Å². The summed E-state index contributed by atoms with van der Waals surface area (Å²) in [5.41, 5.74) is 1.26. The molecule has 0 aromatic carbocycles. The minimum Gasteiger partial charge on any atom is -0.450 e. The van der Waals surface area contributed by atoms with Gasteiger partial charge >= 0.3 is 0 Å². The van der Waals surface area contributed by atoms with Crippen LogP contribution in [0.4, 0.5) is 9.39 Å². The quantitative estimate of drug-likeness (QED) is 0.642. The van der Waals surface area contributed by atoms with Gasteiger partial charge in [-0.3, -0.25) is 18.8 Å². The molecule has 3 unspecified atom stereocenters. The molecule has 6 rings (SSSR count). The van der Waals surface area contributed by atoms with Gasteiger partial charge in [0.1, 0.15) is 11.0 Å². The SMILES string of the molecule is O=C1CCC2=C(OC3=C(F)C(N4CCC(O)C4)=CC4Cc5c(s[nH]c5=O)N2C34)C1=O. The van der Waals surface area contributed by atoms with Gasteiger partial charge in [-0.25, -0.2) is 4.39 Å². The van der Waals surface area contributed by atoms with Gasteiger partial charge in [-0.05, 0) is 30.8 Å². The molecule has 1 saturated heterocycles. The molecule has 1 aromatic heterocycles. The summed E-state index contributed by atoms with van der Waals surface area (Å²) in [6.07, 6.45) is 2.62. The topological polar surface area (TPSA) is 103 Å². The fourth-order valence-electron chi connectivity index (χ4n) is 5.11. The van der Waals surface area contributed by atoms with Crippen molar-refractivity contribution in [1.29, 1.82) is 0 Å². The summed E-state index contributed by atoms with van der Waals surface area (Å²) in [4.78, 5) is 40.6. The number of allylic oxidation sites excluding steroid dienone is 3. The summed E-state index contributed by atoms with van der Waals surface area (Å²) in [5, 5.41) is 10.6. The van der Waals surface area contributed by atoms with Crippen LogP contribution in [0.25, 0.3) is 0 Å². The number of β-amino-alcohol motifs (C(OH)–C–C–N with tert-alkyl or cyclic N) is 1. The number of halogens is 1. The van der Waals surface area contributed by atoms with Crippen molar-refractivity contribution in [2.24, 2.45) is 5.92 Å². The normalized spacial score (nSPS) is 30.2. The van der Waals surface area contributed by atoms with Crippen molar-refractivity contribution in [2.75, 3.05) is 18.0 Å². The maximum atomic E-state index is 15.7. The number of likely N-dealkylation sites (tertiary alicyclic amines) is 1. The molecule has 3 atom stereocenters. The third-order valence-corrected chi connectivity index (χ3v) is 7.44. The van der Waals surface area contributed by atoms with Crippen LogP contribution in [0.15, 0.2) is 39.6 Å². The smallest absolute Gasteiger partial charge is 0.265 e. The predicted molar refractivity (Wildman–Crippen MR) is 104 cm³/mol. The van der Waals surface area contributed by atoms with Crippen molar-refractivity contribution in [2.45, 2.75) is 37.8 Å². The standard InChI is InChI=1S/C20H18FN3O5S/c21-14-12(23-4-3-9(25)7-23)6-8-5-10-19(28)22-30-20(10)24-11-1-2-13(26)16(27)17(11)29-18(14)15(8)24/h6,8-9,15,25H,1-5,7H2,(H,22,28). The molecule has 2 aliphatic carbocycles. The zero-order valence-electron chi connectivity index (χ0n) is 15.8. The van der Waals surface area contributed by atoms with E-state index in [0.717, 1.165) is 11.5 Å². The Morgan fingerprint density at radius 3 is 2.87 bits per heavy atom. The van der Waals surface area contributed by atoms with Crippen LogP contribution >= 0.6 is 11.5 Å². The molecule has 0 amide bonds. The van der Waals surface area contributed by atoms with Crippen LogP contribution in [0.3, 0.4) is 0 Å². The first-order valence-corrected chi connectivity index (χ1v) is 10.8. The number of nitrogens with zero attached hydrogens (tertiary/aromatic N) is 2. The van der Waals surface area contributed by atoms with Crippen LogP contribution in [-0.4, -0.2) is 51.2 Å². The number of aromatic nitrogens is 1. The fourth-order valence-corrected chi connectivity index (χ4v) is 6.04. The Bertz CT molecular complexity index is 1160. The highest BCUT2D eigenvalue weighted by Gasteiger charge is 2.51. The largest absolute Gasteiger partial charge is 0.450 e. The van der Waals surface area contributed by atoms with Crippen LogP contribution < -0.4 is 10.5 Å². The average molecular weight is 431 g/mol. The van der Waals surface area contributed by atoms with E-state index in [2.05, 4.69) is 4.37 Å². The Kier molecular flexibility index (Phi) is 3.70. The third-order valence-electron chi connectivity index (χ3n) is 6.51. The van der Waals surface area contributed by atoms with Crippen LogP contribution in [0.5, 0.6) is 0 Å². The molecule has 2 N–H and O–H groups in total. The van der Waals surface area contributed by atoms with Gasteiger partial charge in [-0.1, -0.05) is 6.08 Å². The number of nitrogens with one attached hydrogen (secondary N) is 1. The number of hydrogen-bond donors (Lipinski definition) is 2. The molecule has 0 saturated carbocycles. The van der Waals surface area contributed by atoms with E-state index < -0.39 is 29.5 Å². The first kappa shape index (κ1) is 18.1. The number of H-pyrrole nitrogens is 1. The van der Waals surface area contributed by atoms with Crippen molar-refractivity contribution in [3.63, 3.8) is 0 Å². The highest BCUT2D eigenvalue weighted by Crippen LogP contribution is 2.50. The maximum Gasteiger partial charge on any atom is 0.265 e. The van der Waals surface area contributed by atoms with E-state index in [0.29, 0.717) is 54.3 Å². The molecule has 30 heavy (non-hydrogen) atoms. The number of aliphatic hydroxyl groups is 1. The van der Waals surface area contributed by atoms with Crippen LogP contribution in [-0.2, 0) is 20.7 Å². The van der Waals surface area contributed by atoms with E-state index in [9.17, 15) is 19.5 Å². The molecule has 0 bridgehead atoms. The number of anilines is 1. The number of aromatic amines is 1. The summed E-state index contributed by atoms with van der Waals surface area (Å²) in [5.74, 6) is -2.26. The molecule has 0 radical (unpaired) electrons. The van der Waals surface area contributed by atoms with Gasteiger partial charge in [0, 0.05) is 25.4 Å². The first-order valence-electron chi connectivity index (χ1n) is 9.97. The lowest BCUT2D eigenvalue weighted by Gasteiger charge is -2.48. The van der Waals surface area contributed by atoms with Crippen molar-refractivity contribution >= 4 is 28.1 Å². The van der Waals surface area contributed by atoms with E-state index in [1.165, 1.54) is 0 Å². The predicted octanol–water partition coefficient (Wildman–Crippen LogP) is 1.10. The molecular weight excluding hydrogens is 413 g/mol. The van der Waals surface area contributed by atoms with E-state index in [-0.39, 0.29) is 29.4 Å². The number of ether oxygens (including phenoxy) is 1. The van der Waals surface area contributed by atoms with E-state index in [1.54, 1.807) is 4.90 Å². The summed E-state index contributed by atoms with van der Waals surface area (Å²) in [6, 6.07) is -0.514. The van der Waals surface area contributed by atoms with Gasteiger partial charge in [-0.2, -0.15) is 0 Å². The van der Waals surface area contributed by atoms with Gasteiger partial charge < -0.3 is 19.6 Å². The zero-order chi connectivity index (χ0) is 20.7. The lowest BCUT2D eigenvalue weighted by molar-refractivity contribution is -0.137. The second-order valence-corrected chi connectivity index (χ2v) is 9.04. The number of fused-ring (bicyclic) bond motifs is 3. The molecule has 0 spiro atoms. The van der Waals surface area contributed by atoms with Crippen molar-refractivity contribution in [3.8, 4) is 0 Å². The van der Waals surface area contributed by atoms with Gasteiger partial charge in [0.05, 0.1) is 23.1 Å². The molecule has 1 fully saturated rings. The minimum atomic E-state index is -0.755. The monoisotopic (exact) mass is 431 g/mol. The molecule has 3 aliphatic heterocycles. The van der Waals surface area contributed by atoms with Crippen LogP contribution in [0.1, 0.15) is 24.8 Å². The van der Waals surface area contributed by atoms with Crippen molar-refractivity contribution in [1.82, 2.24) is 9.27 Å². The molecular formula is C20H18FN3O5S. The molecule has 8 nitrogen and oxygen atoms in total. The van der Waals surface area contributed by atoms with Crippen molar-refractivity contribution < 1.29 is 23.8 Å². The second-order valence-electron chi connectivity index (χ2n) is 8.25. The van der Waals surface area contributed by atoms with Gasteiger partial charge in [-0.15, -0.1) is 0 Å². The lowest BCUT2D eigenvalue weighted by atomic mass is 9.80. The van der Waals surface area contributed by atoms with Gasteiger partial charge in [0.25, 0.3) is 11.3 Å². The summed E-state index contributed by atoms with van der Waals surface area (Å²) in [6.45, 7) is 0.813. The molecule has 156 valence electrons. The number of rotatable bonds is 1. The van der Waals surface area contributed by atoms with E-state index in [1.807, 2.05) is 11.0 Å². The number of hydrogen-bond acceptors (Lipinski definition) is 8.